The number of benzene rings is 2. The van der Waals surface area contributed by atoms with Crippen LogP contribution in [0.25, 0.3) is 0 Å². The summed E-state index contributed by atoms with van der Waals surface area (Å²) >= 11 is 0. The number of carbonyl (C=O) groups is 3. The fourth-order valence-electron chi connectivity index (χ4n) is 4.48. The molecule has 0 aliphatic carbocycles. The molecular weight excluding hydrogens is 432 g/mol. The third-order valence-electron chi connectivity index (χ3n) is 6.91. The number of aryl methyl sites for hydroxylation is 1. The number of hydrogen-bond acceptors (Lipinski definition) is 5. The van der Waals surface area contributed by atoms with Gasteiger partial charge in [-0.15, -0.1) is 0 Å². The first kappa shape index (κ1) is 23.8. The SMILES string of the molecule is Cc1cccc(OCC(=O)c2ccc3c(c2)N(C(C)C(=O)N2CCC(C)CC2)C(=O)CO3)c1C. The van der Waals surface area contributed by atoms with Crippen LogP contribution in [-0.4, -0.2) is 54.8 Å². The lowest BCUT2D eigenvalue weighted by atomic mass is 9.98. The number of piperidine rings is 1. The van der Waals surface area contributed by atoms with Crippen molar-refractivity contribution in [1.29, 1.82) is 0 Å². The number of fused-ring (bicyclic) bond motifs is 1. The lowest BCUT2D eigenvalue weighted by Gasteiger charge is -2.38. The highest BCUT2D eigenvalue weighted by Gasteiger charge is 2.36. The van der Waals surface area contributed by atoms with Crippen molar-refractivity contribution in [1.82, 2.24) is 4.90 Å². The predicted octanol–water partition coefficient (Wildman–Crippen LogP) is 3.94. The Labute approximate surface area is 200 Å². The largest absolute Gasteiger partial charge is 0.485 e. The van der Waals surface area contributed by atoms with E-state index in [4.69, 9.17) is 9.47 Å². The minimum atomic E-state index is -0.680. The molecule has 0 bridgehead atoms. The van der Waals surface area contributed by atoms with Crippen LogP contribution in [0.2, 0.25) is 0 Å². The van der Waals surface area contributed by atoms with Crippen molar-refractivity contribution in [3.63, 3.8) is 0 Å². The van der Waals surface area contributed by atoms with Gasteiger partial charge >= 0.3 is 0 Å². The van der Waals surface area contributed by atoms with E-state index < -0.39 is 6.04 Å². The highest BCUT2D eigenvalue weighted by atomic mass is 16.5. The molecule has 0 aromatic heterocycles. The monoisotopic (exact) mass is 464 g/mol. The molecule has 2 aromatic rings. The second-order valence-corrected chi connectivity index (χ2v) is 9.33. The van der Waals surface area contributed by atoms with E-state index in [2.05, 4.69) is 6.92 Å². The Morgan fingerprint density at radius 1 is 1.15 bits per heavy atom. The van der Waals surface area contributed by atoms with Crippen LogP contribution in [0, 0.1) is 19.8 Å². The fraction of sp³-hybridized carbons (Fsp3) is 0.444. The third kappa shape index (κ3) is 4.79. The quantitative estimate of drug-likeness (QED) is 0.606. The molecule has 2 aliphatic rings. The molecule has 1 saturated heterocycles. The number of Topliss-reactive ketones (excluding diaryl/α,β-unsaturated/α-hetero) is 1. The summed E-state index contributed by atoms with van der Waals surface area (Å²) in [6.45, 7) is 9.01. The first-order valence-corrected chi connectivity index (χ1v) is 11.9. The Hall–Kier alpha value is -3.35. The molecule has 2 heterocycles. The molecular formula is C27H32N2O5. The number of likely N-dealkylation sites (tertiary alicyclic amines) is 1. The minimum Gasteiger partial charge on any atom is -0.485 e. The molecule has 1 atom stereocenters. The van der Waals surface area contributed by atoms with Crippen molar-refractivity contribution in [2.75, 3.05) is 31.2 Å². The maximum absolute atomic E-state index is 13.2. The van der Waals surface area contributed by atoms with Gasteiger partial charge in [0.15, 0.2) is 19.0 Å². The van der Waals surface area contributed by atoms with E-state index in [9.17, 15) is 14.4 Å². The number of hydrogen-bond donors (Lipinski definition) is 0. The van der Waals surface area contributed by atoms with Crippen molar-refractivity contribution in [3.8, 4) is 11.5 Å². The summed E-state index contributed by atoms with van der Waals surface area (Å²) in [5.41, 5.74) is 2.93. The van der Waals surface area contributed by atoms with Crippen molar-refractivity contribution in [2.24, 2.45) is 5.92 Å². The van der Waals surface area contributed by atoms with Crippen LogP contribution in [0.3, 0.4) is 0 Å². The summed E-state index contributed by atoms with van der Waals surface area (Å²) in [4.78, 5) is 42.3. The number of ether oxygens (including phenoxy) is 2. The fourth-order valence-corrected chi connectivity index (χ4v) is 4.48. The molecule has 1 unspecified atom stereocenters. The maximum atomic E-state index is 13.2. The van der Waals surface area contributed by atoms with Crippen molar-refractivity contribution in [3.05, 3.63) is 53.1 Å². The number of carbonyl (C=O) groups excluding carboxylic acids is 3. The molecule has 34 heavy (non-hydrogen) atoms. The van der Waals surface area contributed by atoms with Gasteiger partial charge in [-0.1, -0.05) is 19.1 Å². The molecule has 180 valence electrons. The smallest absolute Gasteiger partial charge is 0.265 e. The Bertz CT molecular complexity index is 1100. The molecule has 1 fully saturated rings. The lowest BCUT2D eigenvalue weighted by Crippen LogP contribution is -2.53. The van der Waals surface area contributed by atoms with E-state index in [0.717, 1.165) is 24.0 Å². The lowest BCUT2D eigenvalue weighted by molar-refractivity contribution is -0.135. The molecule has 7 nitrogen and oxygen atoms in total. The van der Waals surface area contributed by atoms with Crippen LogP contribution in [-0.2, 0) is 9.59 Å². The Morgan fingerprint density at radius 3 is 2.62 bits per heavy atom. The van der Waals surface area contributed by atoms with Gasteiger partial charge in [0.1, 0.15) is 17.5 Å². The van der Waals surface area contributed by atoms with Gasteiger partial charge in [0.05, 0.1) is 5.69 Å². The second kappa shape index (κ2) is 9.87. The summed E-state index contributed by atoms with van der Waals surface area (Å²) in [5, 5.41) is 0. The van der Waals surface area contributed by atoms with Gasteiger partial charge in [0, 0.05) is 18.7 Å². The van der Waals surface area contributed by atoms with Crippen molar-refractivity contribution >= 4 is 23.3 Å². The zero-order valence-corrected chi connectivity index (χ0v) is 20.3. The van der Waals surface area contributed by atoms with Crippen LogP contribution >= 0.6 is 0 Å². The molecule has 7 heteroatoms. The molecule has 0 saturated carbocycles. The van der Waals surface area contributed by atoms with Gasteiger partial charge in [-0.3, -0.25) is 19.3 Å². The molecule has 0 spiro atoms. The Balaban J connectivity index is 1.53. The van der Waals surface area contributed by atoms with Crippen LogP contribution in [0.4, 0.5) is 5.69 Å². The van der Waals surface area contributed by atoms with Crippen LogP contribution in [0.5, 0.6) is 11.5 Å². The standard InChI is InChI=1S/C27H32N2O5/c1-17-10-12-28(13-11-17)27(32)20(4)29-22-14-21(8-9-25(22)34-16-26(29)31)23(30)15-33-24-7-5-6-18(2)19(24)3/h5-9,14,17,20H,10-13,15-16H2,1-4H3. The number of ketones is 1. The van der Waals surface area contributed by atoms with Crippen molar-refractivity contribution < 1.29 is 23.9 Å². The summed E-state index contributed by atoms with van der Waals surface area (Å²) in [6.07, 6.45) is 1.93. The number of amides is 2. The molecule has 2 aliphatic heterocycles. The second-order valence-electron chi connectivity index (χ2n) is 9.33. The molecule has 0 N–H and O–H groups in total. The number of nitrogens with zero attached hydrogens (tertiary/aromatic N) is 2. The summed E-state index contributed by atoms with van der Waals surface area (Å²) in [5.74, 6) is 1.16. The normalized spacial score (nSPS) is 17.1. The van der Waals surface area contributed by atoms with E-state index in [1.54, 1.807) is 25.1 Å². The van der Waals surface area contributed by atoms with E-state index in [-0.39, 0.29) is 30.8 Å². The Morgan fingerprint density at radius 2 is 1.88 bits per heavy atom. The first-order valence-electron chi connectivity index (χ1n) is 11.9. The highest BCUT2D eigenvalue weighted by molar-refractivity contribution is 6.05. The van der Waals surface area contributed by atoms with Gasteiger partial charge < -0.3 is 14.4 Å². The van der Waals surface area contributed by atoms with Crippen LogP contribution in [0.1, 0.15) is 48.2 Å². The number of anilines is 1. The van der Waals surface area contributed by atoms with Crippen molar-refractivity contribution in [2.45, 2.75) is 46.6 Å². The summed E-state index contributed by atoms with van der Waals surface area (Å²) in [6, 6.07) is 10.0. The minimum absolute atomic E-state index is 0.0805. The molecule has 2 aromatic carbocycles. The van der Waals surface area contributed by atoms with E-state index >= 15 is 0 Å². The van der Waals surface area contributed by atoms with Gasteiger partial charge in [-0.25, -0.2) is 0 Å². The number of rotatable bonds is 6. The average molecular weight is 465 g/mol. The summed E-state index contributed by atoms with van der Waals surface area (Å²) in [7, 11) is 0. The topological polar surface area (TPSA) is 76.2 Å². The first-order chi connectivity index (χ1) is 16.3. The Kier molecular flexibility index (Phi) is 6.91. The summed E-state index contributed by atoms with van der Waals surface area (Å²) < 4.78 is 11.4. The van der Waals surface area contributed by atoms with Gasteiger partial charge in [0.2, 0.25) is 5.91 Å². The highest BCUT2D eigenvalue weighted by Crippen LogP contribution is 2.35. The third-order valence-corrected chi connectivity index (χ3v) is 6.91. The average Bonchev–Trinajstić information content (AvgIpc) is 2.84. The maximum Gasteiger partial charge on any atom is 0.265 e. The zero-order valence-electron chi connectivity index (χ0n) is 20.3. The van der Waals surface area contributed by atoms with Gasteiger partial charge in [-0.05, 0) is 74.9 Å². The van der Waals surface area contributed by atoms with Gasteiger partial charge in [0.25, 0.3) is 5.91 Å². The van der Waals surface area contributed by atoms with Crippen LogP contribution < -0.4 is 14.4 Å². The molecule has 0 radical (unpaired) electrons. The zero-order chi connectivity index (χ0) is 24.4. The predicted molar refractivity (Wildman–Crippen MR) is 130 cm³/mol. The van der Waals surface area contributed by atoms with E-state index in [1.807, 2.05) is 36.9 Å². The van der Waals surface area contributed by atoms with Crippen LogP contribution in [0.15, 0.2) is 36.4 Å². The molecule has 2 amide bonds. The van der Waals surface area contributed by atoms with E-state index in [0.29, 0.717) is 41.8 Å². The van der Waals surface area contributed by atoms with Gasteiger partial charge in [-0.2, -0.15) is 0 Å². The van der Waals surface area contributed by atoms with E-state index in [1.165, 1.54) is 4.90 Å². The molecule has 4 rings (SSSR count).